The summed E-state index contributed by atoms with van der Waals surface area (Å²) in [5.41, 5.74) is 1.97. The molecule has 100 valence electrons. The smallest absolute Gasteiger partial charge is 0.166 e. The van der Waals surface area contributed by atoms with Crippen molar-refractivity contribution in [3.63, 3.8) is 0 Å². The first-order valence-electron chi connectivity index (χ1n) is 6.59. The summed E-state index contributed by atoms with van der Waals surface area (Å²) in [6, 6.07) is 11.8. The highest BCUT2D eigenvalue weighted by molar-refractivity contribution is 5.72. The Bertz CT molecular complexity index is 514. The van der Waals surface area contributed by atoms with Crippen LogP contribution in [0.5, 0.6) is 5.75 Å². The van der Waals surface area contributed by atoms with Crippen molar-refractivity contribution in [2.24, 2.45) is 0 Å². The summed E-state index contributed by atoms with van der Waals surface area (Å²) >= 11 is 0. The van der Waals surface area contributed by atoms with Gasteiger partial charge in [-0.05, 0) is 44.0 Å². The molecule has 0 unspecified atom stereocenters. The number of ether oxygens (including phenoxy) is 1. The number of aromatic nitrogens is 1. The number of aryl methyl sites for hydroxylation is 2. The van der Waals surface area contributed by atoms with Gasteiger partial charge in [-0.2, -0.15) is 0 Å². The predicted molar refractivity (Wildman–Crippen MR) is 75.7 cm³/mol. The summed E-state index contributed by atoms with van der Waals surface area (Å²) in [5, 5.41) is 0. The minimum absolute atomic E-state index is 0.709. The van der Waals surface area contributed by atoms with E-state index in [0.29, 0.717) is 6.61 Å². The molecule has 0 bridgehead atoms. The second kappa shape index (κ2) is 6.78. The molecule has 0 N–H and O–H groups in total. The van der Waals surface area contributed by atoms with Gasteiger partial charge in [0.25, 0.3) is 0 Å². The van der Waals surface area contributed by atoms with Gasteiger partial charge in [0.1, 0.15) is 5.75 Å². The monoisotopic (exact) mass is 257 g/mol. The molecule has 0 atom stereocenters. The van der Waals surface area contributed by atoms with Gasteiger partial charge in [-0.15, -0.1) is 0 Å². The SMILES string of the molecule is Cc1ccc(OCCCCn2cccc2C=O)cc1. The Morgan fingerprint density at radius 2 is 1.95 bits per heavy atom. The van der Waals surface area contributed by atoms with Crippen LogP contribution in [0.1, 0.15) is 28.9 Å². The summed E-state index contributed by atoms with van der Waals surface area (Å²) in [6.07, 6.45) is 4.80. The van der Waals surface area contributed by atoms with Crippen LogP contribution in [0, 0.1) is 6.92 Å². The molecule has 0 fully saturated rings. The Morgan fingerprint density at radius 3 is 2.68 bits per heavy atom. The van der Waals surface area contributed by atoms with Crippen molar-refractivity contribution >= 4 is 6.29 Å². The molecule has 0 saturated carbocycles. The lowest BCUT2D eigenvalue weighted by molar-refractivity contribution is 0.111. The summed E-state index contributed by atoms with van der Waals surface area (Å²) in [7, 11) is 0. The van der Waals surface area contributed by atoms with Crippen LogP contribution < -0.4 is 4.74 Å². The average Bonchev–Trinajstić information content (AvgIpc) is 2.88. The highest BCUT2D eigenvalue weighted by Crippen LogP contribution is 2.12. The highest BCUT2D eigenvalue weighted by atomic mass is 16.5. The number of nitrogens with zero attached hydrogens (tertiary/aromatic N) is 1. The van der Waals surface area contributed by atoms with E-state index >= 15 is 0 Å². The molecule has 0 spiro atoms. The quantitative estimate of drug-likeness (QED) is 0.562. The second-order valence-corrected chi connectivity index (χ2v) is 4.61. The minimum atomic E-state index is 0.709. The van der Waals surface area contributed by atoms with Gasteiger partial charge < -0.3 is 9.30 Å². The number of benzene rings is 1. The lowest BCUT2D eigenvalue weighted by Gasteiger charge is -2.07. The largest absolute Gasteiger partial charge is 0.494 e. The number of hydrogen-bond donors (Lipinski definition) is 0. The standard InChI is InChI=1S/C16H19NO2/c1-14-6-8-16(9-7-14)19-12-3-2-10-17-11-4-5-15(17)13-18/h4-9,11,13H,2-3,10,12H2,1H3. The Morgan fingerprint density at radius 1 is 1.16 bits per heavy atom. The molecular weight excluding hydrogens is 238 g/mol. The maximum absolute atomic E-state index is 10.7. The van der Waals surface area contributed by atoms with E-state index in [-0.39, 0.29) is 0 Å². The maximum atomic E-state index is 10.7. The zero-order chi connectivity index (χ0) is 13.5. The summed E-state index contributed by atoms with van der Waals surface area (Å²) in [4.78, 5) is 10.7. The zero-order valence-electron chi connectivity index (χ0n) is 11.2. The Labute approximate surface area is 113 Å². The van der Waals surface area contributed by atoms with Crippen molar-refractivity contribution in [2.75, 3.05) is 6.61 Å². The van der Waals surface area contributed by atoms with Crippen LogP contribution in [0.15, 0.2) is 42.6 Å². The molecule has 2 rings (SSSR count). The lowest BCUT2D eigenvalue weighted by Crippen LogP contribution is -2.03. The molecule has 19 heavy (non-hydrogen) atoms. The molecule has 1 aromatic heterocycles. The third kappa shape index (κ3) is 3.98. The van der Waals surface area contributed by atoms with Gasteiger partial charge >= 0.3 is 0 Å². The van der Waals surface area contributed by atoms with Crippen molar-refractivity contribution in [1.82, 2.24) is 4.57 Å². The molecule has 0 saturated heterocycles. The topological polar surface area (TPSA) is 31.2 Å². The molecule has 0 aliphatic carbocycles. The van der Waals surface area contributed by atoms with E-state index in [1.165, 1.54) is 5.56 Å². The van der Waals surface area contributed by atoms with E-state index in [1.807, 2.05) is 47.2 Å². The van der Waals surface area contributed by atoms with E-state index in [2.05, 4.69) is 6.92 Å². The van der Waals surface area contributed by atoms with Crippen LogP contribution >= 0.6 is 0 Å². The fourth-order valence-electron chi connectivity index (χ4n) is 1.95. The van der Waals surface area contributed by atoms with E-state index < -0.39 is 0 Å². The van der Waals surface area contributed by atoms with Crippen molar-refractivity contribution in [1.29, 1.82) is 0 Å². The van der Waals surface area contributed by atoms with Crippen LogP contribution in [-0.4, -0.2) is 17.5 Å². The molecule has 0 radical (unpaired) electrons. The Hall–Kier alpha value is -2.03. The molecule has 0 aliphatic heterocycles. The lowest BCUT2D eigenvalue weighted by atomic mass is 10.2. The average molecular weight is 257 g/mol. The number of carbonyl (C=O) groups excluding carboxylic acids is 1. The minimum Gasteiger partial charge on any atom is -0.494 e. The molecule has 2 aromatic rings. The molecule has 1 aromatic carbocycles. The molecular formula is C16H19NO2. The third-order valence-electron chi connectivity index (χ3n) is 3.07. The fraction of sp³-hybridized carbons (Fsp3) is 0.312. The van der Waals surface area contributed by atoms with Crippen LogP contribution in [-0.2, 0) is 6.54 Å². The van der Waals surface area contributed by atoms with Crippen LogP contribution in [0.4, 0.5) is 0 Å². The van der Waals surface area contributed by atoms with Gasteiger partial charge in [-0.3, -0.25) is 4.79 Å². The number of unbranched alkanes of at least 4 members (excludes halogenated alkanes) is 1. The van der Waals surface area contributed by atoms with Crippen molar-refractivity contribution in [3.8, 4) is 5.75 Å². The van der Waals surface area contributed by atoms with Gasteiger partial charge in [0.05, 0.1) is 12.3 Å². The third-order valence-corrected chi connectivity index (χ3v) is 3.07. The van der Waals surface area contributed by atoms with E-state index in [4.69, 9.17) is 4.74 Å². The Kier molecular flexibility index (Phi) is 4.78. The van der Waals surface area contributed by atoms with Crippen LogP contribution in [0.3, 0.4) is 0 Å². The van der Waals surface area contributed by atoms with E-state index in [9.17, 15) is 4.79 Å². The van der Waals surface area contributed by atoms with Crippen molar-refractivity contribution < 1.29 is 9.53 Å². The van der Waals surface area contributed by atoms with Gasteiger partial charge in [0.15, 0.2) is 6.29 Å². The molecule has 3 nitrogen and oxygen atoms in total. The van der Waals surface area contributed by atoms with Gasteiger partial charge in [-0.25, -0.2) is 0 Å². The first kappa shape index (κ1) is 13.4. The summed E-state index contributed by atoms with van der Waals surface area (Å²) in [6.45, 7) is 3.63. The normalized spacial score (nSPS) is 10.4. The van der Waals surface area contributed by atoms with Crippen molar-refractivity contribution in [2.45, 2.75) is 26.3 Å². The summed E-state index contributed by atoms with van der Waals surface area (Å²) < 4.78 is 7.63. The number of carbonyl (C=O) groups is 1. The van der Waals surface area contributed by atoms with Gasteiger partial charge in [-0.1, -0.05) is 17.7 Å². The van der Waals surface area contributed by atoms with Crippen LogP contribution in [0.25, 0.3) is 0 Å². The predicted octanol–water partition coefficient (Wildman–Crippen LogP) is 3.47. The number of aldehydes is 1. The zero-order valence-corrected chi connectivity index (χ0v) is 11.2. The molecule has 0 aliphatic rings. The molecule has 1 heterocycles. The van der Waals surface area contributed by atoms with Gasteiger partial charge in [0, 0.05) is 12.7 Å². The molecule has 3 heteroatoms. The van der Waals surface area contributed by atoms with Crippen LogP contribution in [0.2, 0.25) is 0 Å². The number of rotatable bonds is 7. The first-order valence-corrected chi connectivity index (χ1v) is 6.59. The molecule has 0 amide bonds. The first-order chi connectivity index (χ1) is 9.29. The highest BCUT2D eigenvalue weighted by Gasteiger charge is 1.99. The van der Waals surface area contributed by atoms with Gasteiger partial charge in [0.2, 0.25) is 0 Å². The maximum Gasteiger partial charge on any atom is 0.166 e. The van der Waals surface area contributed by atoms with E-state index in [0.717, 1.165) is 37.1 Å². The number of hydrogen-bond acceptors (Lipinski definition) is 2. The summed E-state index contributed by atoms with van der Waals surface area (Å²) in [5.74, 6) is 0.917. The van der Waals surface area contributed by atoms with Crippen molar-refractivity contribution in [3.05, 3.63) is 53.9 Å². The van der Waals surface area contributed by atoms with E-state index in [1.54, 1.807) is 0 Å². The Balaban J connectivity index is 1.67. The second-order valence-electron chi connectivity index (χ2n) is 4.61. The fourth-order valence-corrected chi connectivity index (χ4v) is 1.95.